The summed E-state index contributed by atoms with van der Waals surface area (Å²) in [5.41, 5.74) is 1.12. The van der Waals surface area contributed by atoms with E-state index in [9.17, 15) is 4.79 Å². The third kappa shape index (κ3) is 2.54. The van der Waals surface area contributed by atoms with Crippen molar-refractivity contribution in [2.75, 3.05) is 19.8 Å². The Balaban J connectivity index is 1.45. The minimum Gasteiger partial charge on any atom is -0.380 e. The van der Waals surface area contributed by atoms with Gasteiger partial charge in [-0.25, -0.2) is 4.98 Å². The highest BCUT2D eigenvalue weighted by atomic mass is 16.5. The Morgan fingerprint density at radius 3 is 3.00 bits per heavy atom. The highest BCUT2D eigenvalue weighted by molar-refractivity contribution is 5.80. The Labute approximate surface area is 130 Å². The highest BCUT2D eigenvalue weighted by Gasteiger charge is 2.34. The van der Waals surface area contributed by atoms with Crippen LogP contribution in [0.15, 0.2) is 6.20 Å². The normalized spacial score (nSPS) is 28.6. The molecule has 1 N–H and O–H groups in total. The van der Waals surface area contributed by atoms with Gasteiger partial charge < -0.3 is 14.6 Å². The molecule has 1 aromatic heterocycles. The molecule has 6 heteroatoms. The molecule has 0 unspecified atom stereocenters. The first-order chi connectivity index (χ1) is 10.7. The molecule has 0 radical (unpaired) electrons. The van der Waals surface area contributed by atoms with Crippen molar-refractivity contribution in [1.29, 1.82) is 0 Å². The van der Waals surface area contributed by atoms with Crippen LogP contribution in [-0.4, -0.2) is 46.2 Å². The standard InChI is InChI=1S/C16H24N4O2/c1-11-15-17-8-14(9-18-16(21)12-2-3-12)20(15)6-5-19(11)13-4-7-22-10-13/h8,11-13H,2-7,9-10H2,1H3,(H,18,21)/t11-,13-/m1/s1. The number of rotatable bonds is 4. The zero-order valence-corrected chi connectivity index (χ0v) is 13.1. The van der Waals surface area contributed by atoms with Crippen LogP contribution in [0.2, 0.25) is 0 Å². The lowest BCUT2D eigenvalue weighted by Gasteiger charge is -2.37. The monoisotopic (exact) mass is 304 g/mol. The lowest BCUT2D eigenvalue weighted by Crippen LogP contribution is -2.44. The Bertz CT molecular complexity index is 560. The van der Waals surface area contributed by atoms with Crippen molar-refractivity contribution >= 4 is 5.91 Å². The predicted molar refractivity (Wildman–Crippen MR) is 81.1 cm³/mol. The van der Waals surface area contributed by atoms with Crippen LogP contribution >= 0.6 is 0 Å². The summed E-state index contributed by atoms with van der Waals surface area (Å²) in [5.74, 6) is 1.58. The number of carbonyl (C=O) groups excluding carboxylic acids is 1. The molecule has 1 saturated heterocycles. The fourth-order valence-corrected chi connectivity index (χ4v) is 3.67. The van der Waals surface area contributed by atoms with Crippen molar-refractivity contribution in [2.45, 2.75) is 51.4 Å². The van der Waals surface area contributed by atoms with E-state index in [0.717, 1.165) is 57.1 Å². The molecule has 1 amide bonds. The molecule has 2 fully saturated rings. The van der Waals surface area contributed by atoms with Crippen LogP contribution in [0.1, 0.15) is 43.7 Å². The van der Waals surface area contributed by atoms with Gasteiger partial charge in [-0.05, 0) is 26.2 Å². The SMILES string of the molecule is C[C@@H]1c2ncc(CNC(=O)C3CC3)n2CCN1[C@@H]1CCOC1. The second-order valence-electron chi connectivity index (χ2n) is 6.68. The second kappa shape index (κ2) is 5.66. The number of ether oxygens (including phenoxy) is 1. The third-order valence-corrected chi connectivity index (χ3v) is 5.19. The Kier molecular flexibility index (Phi) is 3.66. The number of fused-ring (bicyclic) bond motifs is 1. The van der Waals surface area contributed by atoms with Gasteiger partial charge in [0.2, 0.25) is 5.91 Å². The molecular weight excluding hydrogens is 280 g/mol. The van der Waals surface area contributed by atoms with Crippen LogP contribution in [-0.2, 0) is 22.6 Å². The molecule has 4 rings (SSSR count). The van der Waals surface area contributed by atoms with Crippen LogP contribution in [0.5, 0.6) is 0 Å². The van der Waals surface area contributed by atoms with Crippen molar-refractivity contribution in [3.05, 3.63) is 17.7 Å². The van der Waals surface area contributed by atoms with Crippen LogP contribution in [0.25, 0.3) is 0 Å². The van der Waals surface area contributed by atoms with Crippen molar-refractivity contribution in [3.63, 3.8) is 0 Å². The fourth-order valence-electron chi connectivity index (χ4n) is 3.67. The summed E-state index contributed by atoms with van der Waals surface area (Å²) < 4.78 is 7.81. The summed E-state index contributed by atoms with van der Waals surface area (Å²) in [7, 11) is 0. The van der Waals surface area contributed by atoms with Crippen LogP contribution in [0, 0.1) is 5.92 Å². The van der Waals surface area contributed by atoms with Crippen LogP contribution in [0.3, 0.4) is 0 Å². The van der Waals surface area contributed by atoms with Gasteiger partial charge >= 0.3 is 0 Å². The quantitative estimate of drug-likeness (QED) is 0.904. The number of amides is 1. The molecule has 1 saturated carbocycles. The molecular formula is C16H24N4O2. The molecule has 3 aliphatic rings. The molecule has 1 aromatic rings. The number of nitrogens with zero attached hydrogens (tertiary/aromatic N) is 3. The first-order valence-corrected chi connectivity index (χ1v) is 8.39. The van der Waals surface area contributed by atoms with E-state index in [1.807, 2.05) is 6.20 Å². The van der Waals surface area contributed by atoms with E-state index >= 15 is 0 Å². The number of aromatic nitrogens is 2. The smallest absolute Gasteiger partial charge is 0.223 e. The van der Waals surface area contributed by atoms with Crippen LogP contribution in [0.4, 0.5) is 0 Å². The van der Waals surface area contributed by atoms with Crippen molar-refractivity contribution in [3.8, 4) is 0 Å². The van der Waals surface area contributed by atoms with Gasteiger partial charge in [-0.3, -0.25) is 9.69 Å². The maximum atomic E-state index is 11.8. The van der Waals surface area contributed by atoms with Gasteiger partial charge in [0, 0.05) is 31.7 Å². The fraction of sp³-hybridized carbons (Fsp3) is 0.750. The number of hydrogen-bond donors (Lipinski definition) is 1. The van der Waals surface area contributed by atoms with Crippen molar-refractivity contribution in [2.24, 2.45) is 5.92 Å². The zero-order valence-electron chi connectivity index (χ0n) is 13.1. The van der Waals surface area contributed by atoms with E-state index in [1.165, 1.54) is 0 Å². The summed E-state index contributed by atoms with van der Waals surface area (Å²) in [6.07, 6.45) is 5.14. The minimum absolute atomic E-state index is 0.198. The predicted octanol–water partition coefficient (Wildman–Crippen LogP) is 1.07. The number of nitrogens with one attached hydrogen (secondary N) is 1. The maximum absolute atomic E-state index is 11.8. The Hall–Kier alpha value is -1.40. The summed E-state index contributed by atoms with van der Waals surface area (Å²) in [5, 5.41) is 3.04. The van der Waals surface area contributed by atoms with Gasteiger partial charge in [-0.2, -0.15) is 0 Å². The third-order valence-electron chi connectivity index (χ3n) is 5.19. The van der Waals surface area contributed by atoms with Crippen molar-refractivity contribution in [1.82, 2.24) is 19.8 Å². The van der Waals surface area contributed by atoms with Gasteiger partial charge in [-0.15, -0.1) is 0 Å². The molecule has 120 valence electrons. The topological polar surface area (TPSA) is 59.4 Å². The Morgan fingerprint density at radius 1 is 1.41 bits per heavy atom. The lowest BCUT2D eigenvalue weighted by molar-refractivity contribution is -0.122. The number of carbonyl (C=O) groups is 1. The second-order valence-corrected chi connectivity index (χ2v) is 6.68. The van der Waals surface area contributed by atoms with E-state index in [2.05, 4.69) is 26.7 Å². The molecule has 1 aliphatic carbocycles. The summed E-state index contributed by atoms with van der Waals surface area (Å²) in [6, 6.07) is 0.840. The van der Waals surface area contributed by atoms with E-state index in [0.29, 0.717) is 18.6 Å². The van der Waals surface area contributed by atoms with Gasteiger partial charge in [0.15, 0.2) is 0 Å². The molecule has 3 heterocycles. The minimum atomic E-state index is 0.198. The lowest BCUT2D eigenvalue weighted by atomic mass is 10.1. The molecule has 22 heavy (non-hydrogen) atoms. The van der Waals surface area contributed by atoms with E-state index in [-0.39, 0.29) is 11.8 Å². The average molecular weight is 304 g/mol. The number of imidazole rings is 1. The number of hydrogen-bond acceptors (Lipinski definition) is 4. The first-order valence-electron chi connectivity index (χ1n) is 8.39. The van der Waals surface area contributed by atoms with E-state index in [1.54, 1.807) is 0 Å². The molecule has 0 bridgehead atoms. The van der Waals surface area contributed by atoms with E-state index in [4.69, 9.17) is 4.74 Å². The first kappa shape index (κ1) is 14.2. The highest BCUT2D eigenvalue weighted by Crippen LogP contribution is 2.30. The van der Waals surface area contributed by atoms with Crippen LogP contribution < -0.4 is 5.32 Å². The molecule has 6 nitrogen and oxygen atoms in total. The van der Waals surface area contributed by atoms with Crippen molar-refractivity contribution < 1.29 is 9.53 Å². The molecule has 2 aliphatic heterocycles. The van der Waals surface area contributed by atoms with Gasteiger partial charge in [0.05, 0.1) is 31.1 Å². The average Bonchev–Trinajstić information content (AvgIpc) is 3.08. The Morgan fingerprint density at radius 2 is 2.27 bits per heavy atom. The largest absolute Gasteiger partial charge is 0.380 e. The van der Waals surface area contributed by atoms with E-state index < -0.39 is 0 Å². The maximum Gasteiger partial charge on any atom is 0.223 e. The summed E-state index contributed by atoms with van der Waals surface area (Å²) in [4.78, 5) is 18.9. The van der Waals surface area contributed by atoms with Gasteiger partial charge in [0.25, 0.3) is 0 Å². The zero-order chi connectivity index (χ0) is 15.1. The summed E-state index contributed by atoms with van der Waals surface area (Å²) in [6.45, 7) is 6.52. The molecule has 2 atom stereocenters. The molecule has 0 spiro atoms. The summed E-state index contributed by atoms with van der Waals surface area (Å²) >= 11 is 0. The molecule has 0 aromatic carbocycles. The van der Waals surface area contributed by atoms with Gasteiger partial charge in [0.1, 0.15) is 5.82 Å². The van der Waals surface area contributed by atoms with Gasteiger partial charge in [-0.1, -0.05) is 0 Å².